The van der Waals surface area contributed by atoms with E-state index in [2.05, 4.69) is 12.2 Å². The van der Waals surface area contributed by atoms with Gasteiger partial charge in [0.05, 0.1) is 6.04 Å². The van der Waals surface area contributed by atoms with Crippen molar-refractivity contribution in [3.05, 3.63) is 0 Å². The first-order valence-corrected chi connectivity index (χ1v) is 5.91. The monoisotopic (exact) mass is 213 g/mol. The van der Waals surface area contributed by atoms with Gasteiger partial charge in [0, 0.05) is 12.6 Å². The zero-order valence-corrected chi connectivity index (χ0v) is 9.54. The molecule has 15 heavy (non-hydrogen) atoms. The van der Waals surface area contributed by atoms with Crippen LogP contribution in [-0.4, -0.2) is 24.5 Å². The van der Waals surface area contributed by atoms with Gasteiger partial charge >= 0.3 is 0 Å². The van der Waals surface area contributed by atoms with E-state index in [1.165, 1.54) is 32.1 Å². The fourth-order valence-electron chi connectivity index (χ4n) is 2.24. The molecule has 3 atom stereocenters. The van der Waals surface area contributed by atoms with Crippen LogP contribution in [0.3, 0.4) is 0 Å². The number of hydrogen-bond acceptors (Lipinski definition) is 3. The van der Waals surface area contributed by atoms with Gasteiger partial charge in [0.15, 0.2) is 0 Å². The summed E-state index contributed by atoms with van der Waals surface area (Å²) in [6, 6.07) is -0.0268. The van der Waals surface area contributed by atoms with Crippen LogP contribution in [0.4, 0.5) is 0 Å². The Bertz CT molecular complexity index is 208. The van der Waals surface area contributed by atoms with Crippen LogP contribution in [0.1, 0.15) is 39.0 Å². The van der Waals surface area contributed by atoms with Gasteiger partial charge in [0.1, 0.15) is 0 Å². The van der Waals surface area contributed by atoms with Crippen molar-refractivity contribution >= 4 is 5.91 Å². The fraction of sp³-hybridized carbons (Fsp3) is 0.909. The molecule has 0 aromatic carbocycles. The van der Waals surface area contributed by atoms with Crippen molar-refractivity contribution in [1.29, 1.82) is 0 Å². The summed E-state index contributed by atoms with van der Waals surface area (Å²) < 4.78 is 0. The maximum Gasteiger partial charge on any atom is 0.235 e. The van der Waals surface area contributed by atoms with Gasteiger partial charge in [0.25, 0.3) is 0 Å². The summed E-state index contributed by atoms with van der Waals surface area (Å²) in [5.74, 6) is 0.409. The number of nitrogens with one attached hydrogen (secondary N) is 1. The van der Waals surface area contributed by atoms with E-state index in [0.29, 0.717) is 12.6 Å². The maximum absolute atomic E-state index is 10.7. The van der Waals surface area contributed by atoms with Crippen molar-refractivity contribution in [2.45, 2.75) is 51.1 Å². The molecule has 1 aliphatic carbocycles. The topological polar surface area (TPSA) is 81.1 Å². The number of carbonyl (C=O) groups excluding carboxylic acids is 1. The van der Waals surface area contributed by atoms with Crippen molar-refractivity contribution < 1.29 is 4.79 Å². The second-order valence-electron chi connectivity index (χ2n) is 4.55. The lowest BCUT2D eigenvalue weighted by Crippen LogP contribution is -2.47. The normalized spacial score (nSPS) is 28.7. The molecule has 4 nitrogen and oxygen atoms in total. The lowest BCUT2D eigenvalue weighted by atomic mass is 9.84. The van der Waals surface area contributed by atoms with Crippen LogP contribution < -0.4 is 16.8 Å². The molecule has 0 aromatic rings. The summed E-state index contributed by atoms with van der Waals surface area (Å²) in [4.78, 5) is 10.7. The third-order valence-corrected chi connectivity index (χ3v) is 3.35. The van der Waals surface area contributed by atoms with Crippen molar-refractivity contribution in [2.75, 3.05) is 6.54 Å². The second-order valence-corrected chi connectivity index (χ2v) is 4.55. The Morgan fingerprint density at radius 1 is 1.53 bits per heavy atom. The highest BCUT2D eigenvalue weighted by atomic mass is 16.1. The van der Waals surface area contributed by atoms with Crippen molar-refractivity contribution in [3.63, 3.8) is 0 Å². The van der Waals surface area contributed by atoms with Gasteiger partial charge in [-0.2, -0.15) is 0 Å². The molecule has 4 heteroatoms. The van der Waals surface area contributed by atoms with Crippen LogP contribution in [0.5, 0.6) is 0 Å². The first-order chi connectivity index (χ1) is 7.13. The van der Waals surface area contributed by atoms with Gasteiger partial charge in [-0.15, -0.1) is 0 Å². The third kappa shape index (κ3) is 4.18. The summed E-state index contributed by atoms with van der Waals surface area (Å²) in [5, 5.41) is 3.34. The molecule has 1 saturated carbocycles. The van der Waals surface area contributed by atoms with Crippen LogP contribution in [0.15, 0.2) is 0 Å². The number of amides is 1. The smallest absolute Gasteiger partial charge is 0.235 e. The highest BCUT2D eigenvalue weighted by molar-refractivity contribution is 5.79. The van der Waals surface area contributed by atoms with E-state index in [9.17, 15) is 4.79 Å². The highest BCUT2D eigenvalue weighted by Gasteiger charge is 2.21. The van der Waals surface area contributed by atoms with E-state index in [0.717, 1.165) is 5.92 Å². The predicted octanol–water partition coefficient (Wildman–Crippen LogP) is 0.357. The van der Waals surface area contributed by atoms with Crippen molar-refractivity contribution in [2.24, 2.45) is 17.4 Å². The fourth-order valence-corrected chi connectivity index (χ4v) is 2.24. The Morgan fingerprint density at radius 2 is 2.27 bits per heavy atom. The van der Waals surface area contributed by atoms with Gasteiger partial charge in [-0.05, 0) is 18.8 Å². The summed E-state index contributed by atoms with van der Waals surface area (Å²) in [6.07, 6.45) is 6.28. The molecule has 0 heterocycles. The molecule has 0 spiro atoms. The first kappa shape index (κ1) is 12.5. The molecule has 1 aliphatic rings. The number of rotatable bonds is 5. The minimum Gasteiger partial charge on any atom is -0.368 e. The molecule has 5 N–H and O–H groups in total. The zero-order valence-electron chi connectivity index (χ0n) is 9.54. The largest absolute Gasteiger partial charge is 0.368 e. The van der Waals surface area contributed by atoms with Crippen molar-refractivity contribution in [3.8, 4) is 0 Å². The molecule has 88 valence electrons. The van der Waals surface area contributed by atoms with E-state index < -0.39 is 11.9 Å². The summed E-state index contributed by atoms with van der Waals surface area (Å²) in [7, 11) is 0. The Kier molecular flexibility index (Phi) is 5.05. The van der Waals surface area contributed by atoms with Crippen LogP contribution in [0.25, 0.3) is 0 Å². The molecule has 1 amide bonds. The molecule has 0 radical (unpaired) electrons. The minimum absolute atomic E-state index is 0.426. The first-order valence-electron chi connectivity index (χ1n) is 5.91. The van der Waals surface area contributed by atoms with Gasteiger partial charge in [0.2, 0.25) is 5.91 Å². The molecule has 3 unspecified atom stereocenters. The predicted molar refractivity (Wildman–Crippen MR) is 61.2 cm³/mol. The molecular formula is C11H23N3O. The van der Waals surface area contributed by atoms with E-state index >= 15 is 0 Å². The summed E-state index contributed by atoms with van der Waals surface area (Å²) in [6.45, 7) is 2.75. The van der Waals surface area contributed by atoms with Gasteiger partial charge < -0.3 is 16.8 Å². The highest BCUT2D eigenvalue weighted by Crippen LogP contribution is 2.26. The molecule has 0 aromatic heterocycles. The molecule has 0 saturated heterocycles. The standard InChI is InChI=1S/C11H23N3O/c1-2-8-4-3-5-9(6-8)14-7-10(12)11(13)15/h8-10,14H,2-7,12H2,1H3,(H2,13,15). The molecule has 1 fully saturated rings. The van der Waals surface area contributed by atoms with E-state index in [-0.39, 0.29) is 0 Å². The van der Waals surface area contributed by atoms with E-state index in [1.807, 2.05) is 0 Å². The van der Waals surface area contributed by atoms with Crippen LogP contribution in [0.2, 0.25) is 0 Å². The molecule has 1 rings (SSSR count). The van der Waals surface area contributed by atoms with E-state index in [4.69, 9.17) is 11.5 Å². The van der Waals surface area contributed by atoms with Gasteiger partial charge in [-0.3, -0.25) is 4.79 Å². The van der Waals surface area contributed by atoms with Crippen LogP contribution >= 0.6 is 0 Å². The number of hydrogen-bond donors (Lipinski definition) is 3. The maximum atomic E-state index is 10.7. The van der Waals surface area contributed by atoms with Crippen LogP contribution in [0, 0.1) is 5.92 Å². The third-order valence-electron chi connectivity index (χ3n) is 3.35. The number of nitrogens with two attached hydrogens (primary N) is 2. The number of carbonyl (C=O) groups is 1. The Morgan fingerprint density at radius 3 is 2.87 bits per heavy atom. The molecule has 0 bridgehead atoms. The lowest BCUT2D eigenvalue weighted by Gasteiger charge is -2.29. The minimum atomic E-state index is -0.549. The number of primary amides is 1. The Hall–Kier alpha value is -0.610. The quantitative estimate of drug-likeness (QED) is 0.616. The Balaban J connectivity index is 2.23. The summed E-state index contributed by atoms with van der Waals surface area (Å²) in [5.41, 5.74) is 10.7. The summed E-state index contributed by atoms with van der Waals surface area (Å²) >= 11 is 0. The SMILES string of the molecule is CCC1CCCC(NCC(N)C(N)=O)C1. The van der Waals surface area contributed by atoms with Crippen LogP contribution in [-0.2, 0) is 4.79 Å². The average Bonchev–Trinajstić information content (AvgIpc) is 2.26. The molecular weight excluding hydrogens is 190 g/mol. The average molecular weight is 213 g/mol. The Labute approximate surface area is 91.8 Å². The molecule has 0 aliphatic heterocycles. The van der Waals surface area contributed by atoms with Gasteiger partial charge in [-0.25, -0.2) is 0 Å². The van der Waals surface area contributed by atoms with Crippen molar-refractivity contribution in [1.82, 2.24) is 5.32 Å². The van der Waals surface area contributed by atoms with E-state index in [1.54, 1.807) is 0 Å². The lowest BCUT2D eigenvalue weighted by molar-refractivity contribution is -0.119. The van der Waals surface area contributed by atoms with Gasteiger partial charge in [-0.1, -0.05) is 26.2 Å². The zero-order chi connectivity index (χ0) is 11.3. The second kappa shape index (κ2) is 6.08.